The van der Waals surface area contributed by atoms with Gasteiger partial charge in [0.05, 0.1) is 0 Å². The van der Waals surface area contributed by atoms with Crippen molar-refractivity contribution in [1.82, 2.24) is 0 Å². The van der Waals surface area contributed by atoms with E-state index in [0.29, 0.717) is 0 Å². The largest absolute Gasteiger partial charge is 0.324 e. The van der Waals surface area contributed by atoms with Gasteiger partial charge >= 0.3 is 0 Å². The quantitative estimate of drug-likeness (QED) is 0.806. The Hall–Kier alpha value is -0.530. The molecule has 16 heavy (non-hydrogen) atoms. The highest BCUT2D eigenvalue weighted by Crippen LogP contribution is 2.24. The molecule has 1 aromatic rings. The third-order valence-corrected chi connectivity index (χ3v) is 3.16. The molecule has 0 spiro atoms. The Kier molecular flexibility index (Phi) is 5.30. The minimum absolute atomic E-state index is 0.149. The lowest BCUT2D eigenvalue weighted by molar-refractivity contribution is 0.505. The molecule has 1 atom stereocenters. The molecule has 90 valence electrons. The van der Waals surface area contributed by atoms with E-state index in [4.69, 9.17) is 17.3 Å². The van der Waals surface area contributed by atoms with Crippen LogP contribution in [-0.4, -0.2) is 0 Å². The zero-order valence-corrected chi connectivity index (χ0v) is 11.2. The zero-order chi connectivity index (χ0) is 12.1. The fourth-order valence-corrected chi connectivity index (χ4v) is 2.18. The minimum atomic E-state index is 0.149. The first-order valence-electron chi connectivity index (χ1n) is 6.02. The molecule has 2 N–H and O–H groups in total. The molecule has 1 unspecified atom stereocenters. The molecule has 0 fully saturated rings. The summed E-state index contributed by atoms with van der Waals surface area (Å²) >= 11 is 5.93. The number of rotatable bonds is 5. The van der Waals surface area contributed by atoms with E-state index in [2.05, 4.69) is 26.8 Å². The van der Waals surface area contributed by atoms with Gasteiger partial charge in [0.2, 0.25) is 0 Å². The lowest BCUT2D eigenvalue weighted by Gasteiger charge is -2.15. The number of benzene rings is 1. The summed E-state index contributed by atoms with van der Waals surface area (Å²) in [6.07, 6.45) is 3.50. The topological polar surface area (TPSA) is 26.0 Å². The van der Waals surface area contributed by atoms with E-state index in [9.17, 15) is 0 Å². The molecule has 1 rings (SSSR count). The minimum Gasteiger partial charge on any atom is -0.324 e. The van der Waals surface area contributed by atoms with E-state index >= 15 is 0 Å². The van der Waals surface area contributed by atoms with E-state index in [1.54, 1.807) is 0 Å². The van der Waals surface area contributed by atoms with E-state index in [1.165, 1.54) is 24.0 Å². The summed E-state index contributed by atoms with van der Waals surface area (Å²) in [5, 5.41) is 0.788. The van der Waals surface area contributed by atoms with Gasteiger partial charge in [-0.2, -0.15) is 0 Å². The average molecular weight is 240 g/mol. The molecule has 2 heteroatoms. The first-order valence-corrected chi connectivity index (χ1v) is 6.40. The van der Waals surface area contributed by atoms with Crippen molar-refractivity contribution in [2.45, 2.75) is 46.1 Å². The van der Waals surface area contributed by atoms with Crippen LogP contribution in [-0.2, 0) is 0 Å². The third kappa shape index (κ3) is 4.15. The average Bonchev–Trinajstić information content (AvgIpc) is 2.16. The van der Waals surface area contributed by atoms with Crippen LogP contribution in [0.3, 0.4) is 0 Å². The fourth-order valence-electron chi connectivity index (χ4n) is 1.96. The van der Waals surface area contributed by atoms with Crippen molar-refractivity contribution in [2.24, 2.45) is 11.7 Å². The van der Waals surface area contributed by atoms with Crippen molar-refractivity contribution < 1.29 is 0 Å². The molecular weight excluding hydrogens is 218 g/mol. The summed E-state index contributed by atoms with van der Waals surface area (Å²) in [6.45, 7) is 6.57. The van der Waals surface area contributed by atoms with Gasteiger partial charge in [-0.05, 0) is 42.5 Å². The number of hydrogen-bond donors (Lipinski definition) is 1. The van der Waals surface area contributed by atoms with Crippen molar-refractivity contribution in [3.8, 4) is 0 Å². The predicted molar refractivity (Wildman–Crippen MR) is 71.8 cm³/mol. The molecule has 0 aliphatic rings. The molecule has 0 bridgehead atoms. The zero-order valence-electron chi connectivity index (χ0n) is 10.5. The van der Waals surface area contributed by atoms with Crippen LogP contribution in [0.25, 0.3) is 0 Å². The molecule has 0 aromatic heterocycles. The molecule has 0 saturated carbocycles. The van der Waals surface area contributed by atoms with Gasteiger partial charge in [-0.25, -0.2) is 0 Å². The molecule has 0 saturated heterocycles. The highest BCUT2D eigenvalue weighted by Gasteiger charge is 2.09. The Morgan fingerprint density at radius 1 is 1.25 bits per heavy atom. The molecule has 0 radical (unpaired) electrons. The van der Waals surface area contributed by atoms with E-state index < -0.39 is 0 Å². The smallest absolute Gasteiger partial charge is 0.0408 e. The summed E-state index contributed by atoms with van der Waals surface area (Å²) in [6, 6.07) is 6.11. The Labute approximate surface area is 104 Å². The summed E-state index contributed by atoms with van der Waals surface area (Å²) in [5.41, 5.74) is 8.62. The second-order valence-electron chi connectivity index (χ2n) is 4.93. The maximum Gasteiger partial charge on any atom is 0.0408 e. The fraction of sp³-hybridized carbons (Fsp3) is 0.571. The molecule has 0 aliphatic carbocycles. The highest BCUT2D eigenvalue weighted by molar-refractivity contribution is 6.30. The van der Waals surface area contributed by atoms with Crippen molar-refractivity contribution in [1.29, 1.82) is 0 Å². The van der Waals surface area contributed by atoms with Crippen LogP contribution in [0.1, 0.15) is 50.3 Å². The molecule has 1 aromatic carbocycles. The second-order valence-corrected chi connectivity index (χ2v) is 5.37. The van der Waals surface area contributed by atoms with Gasteiger partial charge in [0.1, 0.15) is 0 Å². The Bertz CT molecular complexity index is 334. The van der Waals surface area contributed by atoms with E-state index in [-0.39, 0.29) is 6.04 Å². The third-order valence-electron chi connectivity index (χ3n) is 2.93. The van der Waals surface area contributed by atoms with Gasteiger partial charge in [0, 0.05) is 11.1 Å². The highest BCUT2D eigenvalue weighted by atomic mass is 35.5. The van der Waals surface area contributed by atoms with Crippen molar-refractivity contribution in [3.05, 3.63) is 34.3 Å². The first kappa shape index (κ1) is 13.5. The Morgan fingerprint density at radius 3 is 2.50 bits per heavy atom. The lowest BCUT2D eigenvalue weighted by atomic mass is 9.96. The number of nitrogens with two attached hydrogens (primary N) is 1. The van der Waals surface area contributed by atoms with E-state index in [0.717, 1.165) is 17.4 Å². The standard InChI is InChI=1S/C14H22ClN/c1-10(2)5-4-6-14(16)13-8-7-12(15)9-11(13)3/h7-10,14H,4-6,16H2,1-3H3. The Balaban J connectivity index is 2.55. The van der Waals surface area contributed by atoms with Crippen LogP contribution < -0.4 is 5.73 Å². The summed E-state index contributed by atoms with van der Waals surface area (Å²) in [7, 11) is 0. The maximum atomic E-state index is 6.19. The monoisotopic (exact) mass is 239 g/mol. The predicted octanol–water partition coefficient (Wildman–Crippen LogP) is 4.47. The van der Waals surface area contributed by atoms with Crippen molar-refractivity contribution >= 4 is 11.6 Å². The number of aryl methyl sites for hydroxylation is 1. The van der Waals surface area contributed by atoms with Crippen LogP contribution in [0, 0.1) is 12.8 Å². The normalized spacial score (nSPS) is 13.1. The molecule has 0 aliphatic heterocycles. The number of halogens is 1. The van der Waals surface area contributed by atoms with Crippen molar-refractivity contribution in [3.63, 3.8) is 0 Å². The van der Waals surface area contributed by atoms with Crippen molar-refractivity contribution in [2.75, 3.05) is 0 Å². The van der Waals surface area contributed by atoms with Gasteiger partial charge in [-0.3, -0.25) is 0 Å². The van der Waals surface area contributed by atoms with Crippen LogP contribution in [0.2, 0.25) is 5.02 Å². The SMILES string of the molecule is Cc1cc(Cl)ccc1C(N)CCCC(C)C. The first-order chi connectivity index (χ1) is 7.50. The van der Waals surface area contributed by atoms with Gasteiger partial charge in [-0.15, -0.1) is 0 Å². The van der Waals surface area contributed by atoms with Gasteiger partial charge in [0.15, 0.2) is 0 Å². The Morgan fingerprint density at radius 2 is 1.94 bits per heavy atom. The molecule has 0 heterocycles. The van der Waals surface area contributed by atoms with Crippen LogP contribution in [0.5, 0.6) is 0 Å². The summed E-state index contributed by atoms with van der Waals surface area (Å²) in [5.74, 6) is 0.763. The second kappa shape index (κ2) is 6.27. The van der Waals surface area contributed by atoms with Crippen LogP contribution >= 0.6 is 11.6 Å². The van der Waals surface area contributed by atoms with Gasteiger partial charge in [0.25, 0.3) is 0 Å². The van der Waals surface area contributed by atoms with Crippen LogP contribution in [0.15, 0.2) is 18.2 Å². The van der Waals surface area contributed by atoms with Gasteiger partial charge < -0.3 is 5.73 Å². The van der Waals surface area contributed by atoms with Crippen LogP contribution in [0.4, 0.5) is 0 Å². The summed E-state index contributed by atoms with van der Waals surface area (Å²) < 4.78 is 0. The maximum absolute atomic E-state index is 6.19. The lowest BCUT2D eigenvalue weighted by Crippen LogP contribution is -2.11. The summed E-state index contributed by atoms with van der Waals surface area (Å²) in [4.78, 5) is 0. The van der Waals surface area contributed by atoms with E-state index in [1.807, 2.05) is 12.1 Å². The van der Waals surface area contributed by atoms with Gasteiger partial charge in [-0.1, -0.05) is 44.4 Å². The number of hydrogen-bond acceptors (Lipinski definition) is 1. The molecular formula is C14H22ClN. The molecule has 1 nitrogen and oxygen atoms in total. The molecule has 0 amide bonds.